The van der Waals surface area contributed by atoms with E-state index in [2.05, 4.69) is 10.6 Å². The van der Waals surface area contributed by atoms with Crippen molar-refractivity contribution in [1.29, 1.82) is 0 Å². The van der Waals surface area contributed by atoms with Crippen molar-refractivity contribution in [3.8, 4) is 0 Å². The van der Waals surface area contributed by atoms with Gasteiger partial charge in [-0.25, -0.2) is 4.39 Å². The van der Waals surface area contributed by atoms with Gasteiger partial charge in [0.2, 0.25) is 0 Å². The van der Waals surface area contributed by atoms with Crippen LogP contribution in [0.1, 0.15) is 15.9 Å². The van der Waals surface area contributed by atoms with Crippen LogP contribution in [0.3, 0.4) is 0 Å². The first-order valence-corrected chi connectivity index (χ1v) is 5.73. The third-order valence-corrected chi connectivity index (χ3v) is 2.96. The largest absolute Gasteiger partial charge is 0.416 e. The molecule has 0 radical (unpaired) electrons. The maximum atomic E-state index is 13.5. The molecule has 104 valence electrons. The SMILES string of the molecule is O=C(NCC1CNC1)c1ccc(C(F)(F)F)cc1F. The Kier molecular flexibility index (Phi) is 3.75. The van der Waals surface area contributed by atoms with Gasteiger partial charge in [-0.3, -0.25) is 4.79 Å². The van der Waals surface area contributed by atoms with E-state index in [1.54, 1.807) is 0 Å². The number of amides is 1. The molecular weight excluding hydrogens is 264 g/mol. The van der Waals surface area contributed by atoms with E-state index in [1.165, 1.54) is 0 Å². The van der Waals surface area contributed by atoms with Gasteiger partial charge in [-0.1, -0.05) is 0 Å². The maximum Gasteiger partial charge on any atom is 0.416 e. The number of carbonyl (C=O) groups is 1. The molecule has 7 heteroatoms. The van der Waals surface area contributed by atoms with Gasteiger partial charge >= 0.3 is 6.18 Å². The Bertz CT molecular complexity index is 483. The van der Waals surface area contributed by atoms with E-state index in [9.17, 15) is 22.4 Å². The number of benzene rings is 1. The lowest BCUT2D eigenvalue weighted by Crippen LogP contribution is -2.48. The Morgan fingerprint density at radius 3 is 2.53 bits per heavy atom. The second kappa shape index (κ2) is 5.16. The van der Waals surface area contributed by atoms with Crippen molar-refractivity contribution in [3.05, 3.63) is 35.1 Å². The Morgan fingerprint density at radius 2 is 2.05 bits per heavy atom. The van der Waals surface area contributed by atoms with E-state index in [0.717, 1.165) is 19.2 Å². The molecule has 0 spiro atoms. The topological polar surface area (TPSA) is 41.1 Å². The number of alkyl halides is 3. The van der Waals surface area contributed by atoms with Gasteiger partial charge in [-0.15, -0.1) is 0 Å². The molecule has 1 fully saturated rings. The smallest absolute Gasteiger partial charge is 0.352 e. The molecule has 2 rings (SSSR count). The highest BCUT2D eigenvalue weighted by molar-refractivity contribution is 5.94. The summed E-state index contributed by atoms with van der Waals surface area (Å²) in [7, 11) is 0. The van der Waals surface area contributed by atoms with Crippen molar-refractivity contribution in [2.45, 2.75) is 6.18 Å². The maximum absolute atomic E-state index is 13.5. The van der Waals surface area contributed by atoms with Gasteiger partial charge in [0.15, 0.2) is 0 Å². The van der Waals surface area contributed by atoms with E-state index in [4.69, 9.17) is 0 Å². The van der Waals surface area contributed by atoms with Crippen LogP contribution in [-0.4, -0.2) is 25.5 Å². The molecule has 1 aromatic carbocycles. The Morgan fingerprint density at radius 1 is 1.37 bits per heavy atom. The Labute approximate surface area is 107 Å². The van der Waals surface area contributed by atoms with Crippen LogP contribution in [0.2, 0.25) is 0 Å². The van der Waals surface area contributed by atoms with Gasteiger partial charge in [-0.2, -0.15) is 13.2 Å². The van der Waals surface area contributed by atoms with Crippen molar-refractivity contribution < 1.29 is 22.4 Å². The summed E-state index contributed by atoms with van der Waals surface area (Å²) in [6, 6.07) is 1.88. The quantitative estimate of drug-likeness (QED) is 0.826. The lowest BCUT2D eigenvalue weighted by Gasteiger charge is -2.27. The van der Waals surface area contributed by atoms with Crippen LogP contribution in [0.25, 0.3) is 0 Å². The lowest BCUT2D eigenvalue weighted by atomic mass is 10.0. The van der Waals surface area contributed by atoms with Crippen LogP contribution < -0.4 is 10.6 Å². The number of halogens is 4. The molecule has 0 atom stereocenters. The van der Waals surface area contributed by atoms with Crippen molar-refractivity contribution in [2.24, 2.45) is 5.92 Å². The molecule has 1 aromatic rings. The van der Waals surface area contributed by atoms with Crippen molar-refractivity contribution >= 4 is 5.91 Å². The van der Waals surface area contributed by atoms with Gasteiger partial charge in [-0.05, 0) is 18.2 Å². The number of carbonyl (C=O) groups excluding carboxylic acids is 1. The van der Waals surface area contributed by atoms with E-state index in [1.807, 2.05) is 0 Å². The Balaban J connectivity index is 2.05. The molecule has 3 nitrogen and oxygen atoms in total. The first kappa shape index (κ1) is 13.8. The highest BCUT2D eigenvalue weighted by Gasteiger charge is 2.31. The predicted molar refractivity (Wildman–Crippen MR) is 60.1 cm³/mol. The minimum atomic E-state index is -4.62. The van der Waals surface area contributed by atoms with Crippen LogP contribution >= 0.6 is 0 Å². The average molecular weight is 276 g/mol. The second-order valence-electron chi connectivity index (χ2n) is 4.43. The van der Waals surface area contributed by atoms with Gasteiger partial charge < -0.3 is 10.6 Å². The zero-order valence-corrected chi connectivity index (χ0v) is 9.85. The Hall–Kier alpha value is -1.63. The minimum absolute atomic E-state index is 0.293. The molecule has 2 N–H and O–H groups in total. The summed E-state index contributed by atoms with van der Waals surface area (Å²) in [6.45, 7) is 1.93. The number of nitrogens with one attached hydrogen (secondary N) is 2. The van der Waals surface area contributed by atoms with Gasteiger partial charge in [0, 0.05) is 25.6 Å². The molecule has 1 aliphatic rings. The summed E-state index contributed by atoms with van der Waals surface area (Å²) < 4.78 is 50.5. The molecule has 1 saturated heterocycles. The first-order valence-electron chi connectivity index (χ1n) is 5.73. The fourth-order valence-corrected chi connectivity index (χ4v) is 1.70. The summed E-state index contributed by atoms with van der Waals surface area (Å²) in [4.78, 5) is 11.6. The lowest BCUT2D eigenvalue weighted by molar-refractivity contribution is -0.137. The second-order valence-corrected chi connectivity index (χ2v) is 4.43. The van der Waals surface area contributed by atoms with E-state index in [0.29, 0.717) is 24.6 Å². The summed E-state index contributed by atoms with van der Waals surface area (Å²) in [5.74, 6) is -1.57. The van der Waals surface area contributed by atoms with Crippen LogP contribution in [0.15, 0.2) is 18.2 Å². The fourth-order valence-electron chi connectivity index (χ4n) is 1.70. The molecular formula is C12H12F4N2O. The van der Waals surface area contributed by atoms with Crippen molar-refractivity contribution in [2.75, 3.05) is 19.6 Å². The van der Waals surface area contributed by atoms with Gasteiger partial charge in [0.1, 0.15) is 5.82 Å². The number of hydrogen-bond acceptors (Lipinski definition) is 2. The molecule has 19 heavy (non-hydrogen) atoms. The highest BCUT2D eigenvalue weighted by atomic mass is 19.4. The minimum Gasteiger partial charge on any atom is -0.352 e. The summed E-state index contributed by atoms with van der Waals surface area (Å²) >= 11 is 0. The zero-order chi connectivity index (χ0) is 14.0. The predicted octanol–water partition coefficient (Wildman–Crippen LogP) is 1.79. The van der Waals surface area contributed by atoms with E-state index in [-0.39, 0.29) is 5.56 Å². The third-order valence-electron chi connectivity index (χ3n) is 2.96. The molecule has 0 bridgehead atoms. The summed E-state index contributed by atoms with van der Waals surface area (Å²) in [5, 5.41) is 5.51. The van der Waals surface area contributed by atoms with E-state index >= 15 is 0 Å². The first-order chi connectivity index (χ1) is 8.88. The fraction of sp³-hybridized carbons (Fsp3) is 0.417. The summed E-state index contributed by atoms with van der Waals surface area (Å²) in [6.07, 6.45) is -4.62. The molecule has 1 amide bonds. The molecule has 1 heterocycles. The number of rotatable bonds is 3. The third kappa shape index (κ3) is 3.23. The molecule has 0 aliphatic carbocycles. The van der Waals surface area contributed by atoms with Crippen molar-refractivity contribution in [3.63, 3.8) is 0 Å². The molecule has 0 saturated carbocycles. The van der Waals surface area contributed by atoms with Crippen LogP contribution in [0.5, 0.6) is 0 Å². The zero-order valence-electron chi connectivity index (χ0n) is 9.85. The van der Waals surface area contributed by atoms with Gasteiger partial charge in [0.25, 0.3) is 5.91 Å². The number of hydrogen-bond donors (Lipinski definition) is 2. The van der Waals surface area contributed by atoms with Crippen LogP contribution in [0.4, 0.5) is 17.6 Å². The van der Waals surface area contributed by atoms with Crippen molar-refractivity contribution in [1.82, 2.24) is 10.6 Å². The molecule has 0 unspecified atom stereocenters. The standard InChI is InChI=1S/C12H12F4N2O/c13-10-3-8(12(14,15)16)1-2-9(10)11(19)18-6-7-4-17-5-7/h1-3,7,17H,4-6H2,(H,18,19). The normalized spacial score (nSPS) is 16.0. The van der Waals surface area contributed by atoms with Crippen LogP contribution in [0, 0.1) is 11.7 Å². The van der Waals surface area contributed by atoms with E-state index < -0.39 is 23.5 Å². The average Bonchev–Trinajstić information content (AvgIpc) is 2.25. The summed E-state index contributed by atoms with van der Waals surface area (Å²) in [5.41, 5.74) is -1.48. The van der Waals surface area contributed by atoms with Crippen LogP contribution in [-0.2, 0) is 6.18 Å². The molecule has 0 aromatic heterocycles. The highest BCUT2D eigenvalue weighted by Crippen LogP contribution is 2.30. The van der Waals surface area contributed by atoms with Gasteiger partial charge in [0.05, 0.1) is 11.1 Å². The monoisotopic (exact) mass is 276 g/mol. The molecule has 1 aliphatic heterocycles.